The first-order chi connectivity index (χ1) is 64.0. The lowest BCUT2D eigenvalue weighted by Gasteiger charge is -2.12. The minimum atomic E-state index is 1.17. The molecule has 27 aromatic rings. The van der Waals surface area contributed by atoms with Crippen molar-refractivity contribution in [3.05, 3.63) is 491 Å². The van der Waals surface area contributed by atoms with Crippen molar-refractivity contribution < 1.29 is 0 Å². The molecule has 600 valence electrons. The number of aromatic nitrogens is 3. The Hall–Kier alpha value is -17.0. The molecule has 3 heteroatoms. The molecule has 0 bridgehead atoms. The molecule has 0 radical (unpaired) electrons. The third-order valence-corrected chi connectivity index (χ3v) is 26.9. The quantitative estimate of drug-likeness (QED) is 0.128. The van der Waals surface area contributed by atoms with Crippen LogP contribution in [0.5, 0.6) is 0 Å². The minimum Gasteiger partial charge on any atom is -0.309 e. The summed E-state index contributed by atoms with van der Waals surface area (Å²) in [6, 6.07) is 179. The van der Waals surface area contributed by atoms with Crippen molar-refractivity contribution >= 4 is 162 Å². The van der Waals surface area contributed by atoms with Gasteiger partial charge in [0.15, 0.2) is 0 Å². The molecule has 129 heavy (non-hydrogen) atoms. The molecule has 0 fully saturated rings. The molecule has 0 saturated heterocycles. The first-order valence-electron chi connectivity index (χ1n) is 44.6. The van der Waals surface area contributed by atoms with E-state index >= 15 is 0 Å². The van der Waals surface area contributed by atoms with Gasteiger partial charge in [0.05, 0.1) is 33.1 Å². The van der Waals surface area contributed by atoms with E-state index in [4.69, 9.17) is 0 Å². The number of para-hydroxylation sites is 3. The average Bonchev–Trinajstić information content (AvgIpc) is 1.58. The third kappa shape index (κ3) is 12.9. The molecule has 27 rings (SSSR count). The average molecular weight is 1640 g/mol. The van der Waals surface area contributed by atoms with Crippen LogP contribution in [0.15, 0.2) is 491 Å². The van der Waals surface area contributed by atoms with Crippen LogP contribution in [0.2, 0.25) is 0 Å². The first-order valence-corrected chi connectivity index (χ1v) is 44.6. The van der Waals surface area contributed by atoms with Crippen LogP contribution in [0.4, 0.5) is 0 Å². The molecule has 24 aromatic carbocycles. The van der Waals surface area contributed by atoms with Crippen LogP contribution < -0.4 is 0 Å². The van der Waals surface area contributed by atoms with Crippen LogP contribution in [-0.2, 0) is 0 Å². The smallest absolute Gasteiger partial charge is 0.0547 e. The maximum atomic E-state index is 2.41. The number of fused-ring (bicyclic) bond motifs is 24. The van der Waals surface area contributed by atoms with Crippen LogP contribution in [0.1, 0.15) is 0 Å². The number of hydrogen-bond acceptors (Lipinski definition) is 0. The second-order valence-electron chi connectivity index (χ2n) is 34.1. The van der Waals surface area contributed by atoms with Gasteiger partial charge in [0.1, 0.15) is 0 Å². The Kier molecular flexibility index (Phi) is 18.0. The maximum absolute atomic E-state index is 2.41. The maximum Gasteiger partial charge on any atom is 0.0547 e. The Morgan fingerprint density at radius 3 is 0.814 bits per heavy atom. The summed E-state index contributed by atoms with van der Waals surface area (Å²) in [7, 11) is 0. The van der Waals surface area contributed by atoms with E-state index in [1.165, 1.54) is 246 Å². The van der Waals surface area contributed by atoms with E-state index < -0.39 is 0 Å². The van der Waals surface area contributed by atoms with Crippen LogP contribution in [0.25, 0.3) is 246 Å². The van der Waals surface area contributed by atoms with Crippen molar-refractivity contribution in [2.45, 2.75) is 0 Å². The molecule has 0 atom stereocenters. The molecule has 0 amide bonds. The molecule has 0 aliphatic heterocycles. The van der Waals surface area contributed by atoms with E-state index in [0.29, 0.717) is 0 Å². The fourth-order valence-electron chi connectivity index (χ4n) is 20.7. The van der Waals surface area contributed by atoms with Crippen LogP contribution in [0, 0.1) is 0 Å². The molecular formula is C126H81N3. The highest BCUT2D eigenvalue weighted by atomic mass is 15.0. The van der Waals surface area contributed by atoms with Crippen LogP contribution >= 0.6 is 0 Å². The zero-order valence-electron chi connectivity index (χ0n) is 70.6. The molecule has 0 aliphatic rings. The Morgan fingerprint density at radius 1 is 0.109 bits per heavy atom. The van der Waals surface area contributed by atoms with Crippen molar-refractivity contribution in [1.29, 1.82) is 0 Å². The lowest BCUT2D eigenvalue weighted by Crippen LogP contribution is -1.93. The predicted octanol–water partition coefficient (Wildman–Crippen LogP) is 34.7. The second-order valence-corrected chi connectivity index (χ2v) is 34.1. The summed E-state index contributed by atoms with van der Waals surface area (Å²) in [6.45, 7) is 0. The standard InChI is InChI=1S/3C42H27N/c1-2-10-28(11-3-1)29-18-22-33(23-19-29)43-40-17-9-8-16-38(40)42-35-24-20-32(26-31(35)21-25-41(42)43)39-27-30-12-4-5-13-34(30)36-14-6-7-15-37(36)39;1-2-8-28(9-3-1)29-18-22-35(23-19-29)43-40-13-7-6-12-38(40)42-39-27-33(16-14-31(39)21-25-41(42)43)32-20-24-37-34(26-32)17-15-30-10-4-5-11-36(30)37;1-2-8-28(9-3-1)29-20-23-35(24-21-29)43-40-13-7-6-12-37(40)42-39-27-34(19-17-32(39)22-25-41(42)43)33-18-16-31-15-14-30-10-4-5-11-36(30)38(31)26-33/h3*1-27H. The van der Waals surface area contributed by atoms with Gasteiger partial charge in [0, 0.05) is 49.4 Å². The number of benzene rings is 24. The van der Waals surface area contributed by atoms with Gasteiger partial charge >= 0.3 is 0 Å². The summed E-state index contributed by atoms with van der Waals surface area (Å²) in [6.07, 6.45) is 0. The molecule has 3 heterocycles. The second kappa shape index (κ2) is 31.1. The summed E-state index contributed by atoms with van der Waals surface area (Å²) in [4.78, 5) is 0. The third-order valence-electron chi connectivity index (χ3n) is 26.9. The highest BCUT2D eigenvalue weighted by molar-refractivity contribution is 6.26. The van der Waals surface area contributed by atoms with Gasteiger partial charge in [-0.05, 0) is 273 Å². The SMILES string of the molecule is c1ccc(-c2ccc(-n3c4ccccc4c4c5cc(-c6ccc7c(ccc8ccccc87)c6)ccc5ccc43)cc2)cc1.c1ccc(-c2ccc(-n3c4ccccc4c4c5cc(-c6ccc7ccc8ccccc8c7c6)ccc5ccc43)cc2)cc1.c1ccc(-c2ccc(-n3c4ccccc4c4c5ccc(-c6cc7ccccc7c7ccccc67)cc5ccc43)cc2)cc1. The van der Waals surface area contributed by atoms with Crippen molar-refractivity contribution in [3.8, 4) is 83.8 Å². The molecule has 0 unspecified atom stereocenters. The van der Waals surface area contributed by atoms with Crippen LogP contribution in [0.3, 0.4) is 0 Å². The monoisotopic (exact) mass is 1640 g/mol. The van der Waals surface area contributed by atoms with E-state index in [9.17, 15) is 0 Å². The Balaban J connectivity index is 0.000000105. The zero-order valence-corrected chi connectivity index (χ0v) is 70.6. The molecule has 3 nitrogen and oxygen atoms in total. The van der Waals surface area contributed by atoms with Gasteiger partial charge in [-0.3, -0.25) is 0 Å². The molecule has 0 saturated carbocycles. The number of nitrogens with zero attached hydrogens (tertiary/aromatic N) is 3. The summed E-state index contributed by atoms with van der Waals surface area (Å²) < 4.78 is 7.23. The number of rotatable bonds is 9. The van der Waals surface area contributed by atoms with Gasteiger partial charge < -0.3 is 13.7 Å². The predicted molar refractivity (Wildman–Crippen MR) is 553 cm³/mol. The number of hydrogen-bond donors (Lipinski definition) is 0. The van der Waals surface area contributed by atoms with Crippen molar-refractivity contribution in [2.75, 3.05) is 0 Å². The normalized spacial score (nSPS) is 11.7. The van der Waals surface area contributed by atoms with Crippen molar-refractivity contribution in [1.82, 2.24) is 13.7 Å². The van der Waals surface area contributed by atoms with Gasteiger partial charge in [-0.15, -0.1) is 0 Å². The van der Waals surface area contributed by atoms with Gasteiger partial charge in [-0.25, -0.2) is 0 Å². The van der Waals surface area contributed by atoms with Gasteiger partial charge in [-0.2, -0.15) is 0 Å². The summed E-state index contributed by atoms with van der Waals surface area (Å²) in [5, 5.41) is 30.8. The Labute approximate surface area is 746 Å². The lowest BCUT2D eigenvalue weighted by atomic mass is 9.92. The lowest BCUT2D eigenvalue weighted by molar-refractivity contribution is 1.18. The first kappa shape index (κ1) is 74.6. The topological polar surface area (TPSA) is 14.8 Å². The van der Waals surface area contributed by atoms with Crippen molar-refractivity contribution in [2.24, 2.45) is 0 Å². The summed E-state index contributed by atoms with van der Waals surface area (Å²) in [5.74, 6) is 0. The minimum absolute atomic E-state index is 1.17. The van der Waals surface area contributed by atoms with E-state index in [2.05, 4.69) is 505 Å². The van der Waals surface area contributed by atoms with Crippen molar-refractivity contribution in [3.63, 3.8) is 0 Å². The molecule has 3 aromatic heterocycles. The Bertz CT molecular complexity index is 9130. The fourth-order valence-corrected chi connectivity index (χ4v) is 20.7. The Morgan fingerprint density at radius 2 is 0.357 bits per heavy atom. The highest BCUT2D eigenvalue weighted by Crippen LogP contribution is 2.46. The van der Waals surface area contributed by atoms with Gasteiger partial charge in [-0.1, -0.05) is 382 Å². The highest BCUT2D eigenvalue weighted by Gasteiger charge is 2.22. The fraction of sp³-hybridized carbons (Fsp3) is 0. The molecule has 0 N–H and O–H groups in total. The van der Waals surface area contributed by atoms with E-state index in [1.807, 2.05) is 0 Å². The van der Waals surface area contributed by atoms with Crippen LogP contribution in [-0.4, -0.2) is 13.7 Å². The molecule has 0 spiro atoms. The van der Waals surface area contributed by atoms with Gasteiger partial charge in [0.25, 0.3) is 0 Å². The summed E-state index contributed by atoms with van der Waals surface area (Å²) >= 11 is 0. The zero-order chi connectivity index (χ0) is 85.0. The van der Waals surface area contributed by atoms with E-state index in [-0.39, 0.29) is 0 Å². The van der Waals surface area contributed by atoms with E-state index in [1.54, 1.807) is 0 Å². The molecule has 0 aliphatic carbocycles. The largest absolute Gasteiger partial charge is 0.309 e. The van der Waals surface area contributed by atoms with Gasteiger partial charge in [0.2, 0.25) is 0 Å². The molecular weight excluding hydrogens is 1560 g/mol. The van der Waals surface area contributed by atoms with E-state index in [0.717, 1.165) is 0 Å². The summed E-state index contributed by atoms with van der Waals surface area (Å²) in [5.41, 5.74) is 25.7.